The van der Waals surface area contributed by atoms with Crippen LogP contribution in [-0.2, 0) is 9.59 Å². The van der Waals surface area contributed by atoms with Gasteiger partial charge >= 0.3 is 11.9 Å². The number of aliphatic carboxylic acids is 2. The van der Waals surface area contributed by atoms with E-state index in [1.54, 1.807) is 29.2 Å². The first-order valence-corrected chi connectivity index (χ1v) is 6.34. The fourth-order valence-corrected chi connectivity index (χ4v) is 2.59. The Labute approximate surface area is 111 Å². The maximum atomic E-state index is 11.5. The number of carboxylic acids is 2. The molecule has 1 aliphatic heterocycles. The van der Waals surface area contributed by atoms with Gasteiger partial charge < -0.3 is 10.2 Å². The molecule has 2 atom stereocenters. The van der Waals surface area contributed by atoms with Crippen LogP contribution in [0.5, 0.6) is 0 Å². The molecule has 2 unspecified atom stereocenters. The van der Waals surface area contributed by atoms with Crippen LogP contribution in [0.1, 0.15) is 24.4 Å². The smallest absolute Gasteiger partial charge is 0.325 e. The van der Waals surface area contributed by atoms with E-state index >= 15 is 0 Å². The Kier molecular flexibility index (Phi) is 4.16. The average Bonchev–Trinajstić information content (AvgIpc) is 2.40. The van der Waals surface area contributed by atoms with E-state index in [1.807, 2.05) is 6.07 Å². The minimum atomic E-state index is -0.933. The van der Waals surface area contributed by atoms with Gasteiger partial charge in [-0.3, -0.25) is 14.5 Å². The summed E-state index contributed by atoms with van der Waals surface area (Å²) >= 11 is 0. The first-order valence-electron chi connectivity index (χ1n) is 6.34. The van der Waals surface area contributed by atoms with Gasteiger partial charge in [-0.25, -0.2) is 0 Å². The van der Waals surface area contributed by atoms with Gasteiger partial charge in [-0.2, -0.15) is 0 Å². The van der Waals surface area contributed by atoms with E-state index in [0.29, 0.717) is 31.5 Å². The summed E-state index contributed by atoms with van der Waals surface area (Å²) < 4.78 is 0. The topological polar surface area (TPSA) is 77.8 Å². The lowest BCUT2D eigenvalue weighted by molar-refractivity contribution is -0.149. The highest BCUT2D eigenvalue weighted by molar-refractivity contribution is 5.76. The number of carboxylic acid groups (broad SMARTS) is 2. The van der Waals surface area contributed by atoms with Gasteiger partial charge in [0.25, 0.3) is 0 Å². The zero-order valence-electron chi connectivity index (χ0n) is 10.5. The van der Waals surface area contributed by atoms with E-state index in [4.69, 9.17) is 5.11 Å². The molecule has 2 rings (SSSR count). The molecule has 5 nitrogen and oxygen atoms in total. The fraction of sp³-hybridized carbons (Fsp3) is 0.429. The van der Waals surface area contributed by atoms with Crippen LogP contribution in [0.2, 0.25) is 0 Å². The summed E-state index contributed by atoms with van der Waals surface area (Å²) in [5.41, 5.74) is 0.695. The quantitative estimate of drug-likeness (QED) is 0.863. The molecule has 1 heterocycles. The second kappa shape index (κ2) is 5.84. The number of hydrogen-bond donors (Lipinski definition) is 2. The van der Waals surface area contributed by atoms with Gasteiger partial charge in [-0.05, 0) is 24.9 Å². The van der Waals surface area contributed by atoms with Crippen molar-refractivity contribution in [3.63, 3.8) is 0 Å². The number of piperidine rings is 1. The summed E-state index contributed by atoms with van der Waals surface area (Å²) in [6.07, 6.45) is 1.33. The van der Waals surface area contributed by atoms with Crippen LogP contribution in [-0.4, -0.2) is 40.1 Å². The molecule has 102 valence electrons. The normalized spacial score (nSPS) is 21.8. The van der Waals surface area contributed by atoms with E-state index in [0.717, 1.165) is 0 Å². The van der Waals surface area contributed by atoms with Crippen molar-refractivity contribution in [2.75, 3.05) is 13.1 Å². The minimum absolute atomic E-state index is 0.293. The van der Waals surface area contributed by atoms with Crippen molar-refractivity contribution in [1.82, 2.24) is 4.90 Å². The van der Waals surface area contributed by atoms with Crippen LogP contribution in [0.15, 0.2) is 30.3 Å². The number of hydrogen-bond acceptors (Lipinski definition) is 3. The Bertz CT molecular complexity index is 460. The van der Waals surface area contributed by atoms with Gasteiger partial charge in [0.15, 0.2) is 0 Å². The highest BCUT2D eigenvalue weighted by Crippen LogP contribution is 2.27. The SMILES string of the molecule is O=C(O)C1CCCN(C(C(=O)O)c2ccccc2)C1. The molecule has 19 heavy (non-hydrogen) atoms. The average molecular weight is 263 g/mol. The van der Waals surface area contributed by atoms with Gasteiger partial charge in [0.2, 0.25) is 0 Å². The van der Waals surface area contributed by atoms with Crippen LogP contribution in [0, 0.1) is 5.92 Å². The monoisotopic (exact) mass is 263 g/mol. The summed E-state index contributed by atoms with van der Waals surface area (Å²) in [6, 6.07) is 8.20. The summed E-state index contributed by atoms with van der Waals surface area (Å²) in [5.74, 6) is -2.25. The number of nitrogens with zero attached hydrogens (tertiary/aromatic N) is 1. The van der Waals surface area contributed by atoms with Gasteiger partial charge in [0, 0.05) is 6.54 Å². The molecule has 1 saturated heterocycles. The molecule has 1 aromatic carbocycles. The second-order valence-electron chi connectivity index (χ2n) is 4.82. The molecule has 5 heteroatoms. The summed E-state index contributed by atoms with van der Waals surface area (Å²) in [7, 11) is 0. The molecule has 0 bridgehead atoms. The number of carbonyl (C=O) groups is 2. The van der Waals surface area contributed by atoms with E-state index in [-0.39, 0.29) is 0 Å². The molecule has 0 saturated carbocycles. The van der Waals surface area contributed by atoms with Crippen molar-refractivity contribution in [2.24, 2.45) is 5.92 Å². The van der Waals surface area contributed by atoms with Crippen LogP contribution in [0.3, 0.4) is 0 Å². The predicted octanol–water partition coefficient (Wildman–Crippen LogP) is 1.61. The first kappa shape index (κ1) is 13.5. The molecular weight excluding hydrogens is 246 g/mol. The third kappa shape index (κ3) is 3.12. The number of rotatable bonds is 4. The van der Waals surface area contributed by atoms with Crippen molar-refractivity contribution < 1.29 is 19.8 Å². The second-order valence-corrected chi connectivity index (χ2v) is 4.82. The lowest BCUT2D eigenvalue weighted by Gasteiger charge is -2.35. The maximum absolute atomic E-state index is 11.5. The van der Waals surface area contributed by atoms with E-state index in [9.17, 15) is 14.7 Å². The highest BCUT2D eigenvalue weighted by atomic mass is 16.4. The summed E-state index contributed by atoms with van der Waals surface area (Å²) in [5, 5.41) is 18.5. The van der Waals surface area contributed by atoms with Crippen molar-refractivity contribution in [3.8, 4) is 0 Å². The van der Waals surface area contributed by atoms with Crippen molar-refractivity contribution in [1.29, 1.82) is 0 Å². The molecule has 0 aliphatic carbocycles. The Balaban J connectivity index is 2.20. The standard InChI is InChI=1S/C14H17NO4/c16-13(17)11-7-4-8-15(9-11)12(14(18)19)10-5-2-1-3-6-10/h1-3,5-6,11-12H,4,7-9H2,(H,16,17)(H,18,19). The summed E-state index contributed by atoms with van der Waals surface area (Å²) in [4.78, 5) is 24.3. The van der Waals surface area contributed by atoms with Crippen LogP contribution in [0.25, 0.3) is 0 Å². The Hall–Kier alpha value is -1.88. The lowest BCUT2D eigenvalue weighted by Crippen LogP contribution is -2.43. The van der Waals surface area contributed by atoms with Crippen molar-refractivity contribution in [2.45, 2.75) is 18.9 Å². The van der Waals surface area contributed by atoms with Gasteiger partial charge in [-0.1, -0.05) is 30.3 Å². The molecule has 0 spiro atoms. The Morgan fingerprint density at radius 3 is 2.47 bits per heavy atom. The van der Waals surface area contributed by atoms with Crippen LogP contribution >= 0.6 is 0 Å². The molecule has 1 aliphatic rings. The minimum Gasteiger partial charge on any atom is -0.481 e. The third-order valence-electron chi connectivity index (χ3n) is 3.52. The van der Waals surface area contributed by atoms with Crippen LogP contribution < -0.4 is 0 Å². The van der Waals surface area contributed by atoms with Crippen molar-refractivity contribution >= 4 is 11.9 Å². The zero-order valence-corrected chi connectivity index (χ0v) is 10.5. The largest absolute Gasteiger partial charge is 0.481 e. The summed E-state index contributed by atoms with van der Waals surface area (Å²) in [6.45, 7) is 0.914. The molecule has 0 radical (unpaired) electrons. The zero-order chi connectivity index (χ0) is 13.8. The molecular formula is C14H17NO4. The first-order chi connectivity index (χ1) is 9.09. The predicted molar refractivity (Wildman–Crippen MR) is 68.8 cm³/mol. The van der Waals surface area contributed by atoms with Crippen molar-refractivity contribution in [3.05, 3.63) is 35.9 Å². The fourth-order valence-electron chi connectivity index (χ4n) is 2.59. The van der Waals surface area contributed by atoms with Crippen LogP contribution in [0.4, 0.5) is 0 Å². The molecule has 0 amide bonds. The van der Waals surface area contributed by atoms with Gasteiger partial charge in [-0.15, -0.1) is 0 Å². The maximum Gasteiger partial charge on any atom is 0.325 e. The number of benzene rings is 1. The van der Waals surface area contributed by atoms with E-state index < -0.39 is 23.9 Å². The lowest BCUT2D eigenvalue weighted by atomic mass is 9.95. The number of likely N-dealkylation sites (tertiary alicyclic amines) is 1. The Morgan fingerprint density at radius 1 is 1.21 bits per heavy atom. The van der Waals surface area contributed by atoms with Gasteiger partial charge in [0.05, 0.1) is 5.92 Å². The molecule has 0 aromatic heterocycles. The van der Waals surface area contributed by atoms with E-state index in [2.05, 4.69) is 0 Å². The Morgan fingerprint density at radius 2 is 1.89 bits per heavy atom. The molecule has 1 fully saturated rings. The molecule has 1 aromatic rings. The third-order valence-corrected chi connectivity index (χ3v) is 3.52. The molecule has 2 N–H and O–H groups in total. The highest BCUT2D eigenvalue weighted by Gasteiger charge is 2.33. The van der Waals surface area contributed by atoms with Gasteiger partial charge in [0.1, 0.15) is 6.04 Å². The van der Waals surface area contributed by atoms with E-state index in [1.165, 1.54) is 0 Å².